The van der Waals surface area contributed by atoms with Crippen LogP contribution in [0, 0.1) is 3.57 Å². The molecule has 4 heterocycles. The zero-order valence-corrected chi connectivity index (χ0v) is 20.3. The van der Waals surface area contributed by atoms with E-state index in [1.165, 1.54) is 80.3 Å². The predicted octanol–water partition coefficient (Wildman–Crippen LogP) is 8.44. The number of hydrogen-bond donors (Lipinski definition) is 0. The van der Waals surface area contributed by atoms with E-state index < -0.39 is 0 Å². The van der Waals surface area contributed by atoms with Crippen molar-refractivity contribution in [3.05, 3.63) is 106 Å². The van der Waals surface area contributed by atoms with Gasteiger partial charge >= 0.3 is 0 Å². The van der Waals surface area contributed by atoms with Crippen molar-refractivity contribution in [3.63, 3.8) is 0 Å². The first-order valence-corrected chi connectivity index (χ1v) is 12.8. The van der Waals surface area contributed by atoms with Crippen LogP contribution in [0.5, 0.6) is 0 Å². The molecule has 1 aliphatic rings. The van der Waals surface area contributed by atoms with Gasteiger partial charge in [0.25, 0.3) is 0 Å². The van der Waals surface area contributed by atoms with Crippen molar-refractivity contribution < 1.29 is 0 Å². The van der Waals surface area contributed by atoms with Crippen LogP contribution in [0.1, 0.15) is 11.1 Å². The van der Waals surface area contributed by atoms with E-state index in [1.807, 2.05) is 0 Å². The van der Waals surface area contributed by atoms with Gasteiger partial charge in [-0.15, -0.1) is 0 Å². The molecule has 0 saturated heterocycles. The van der Waals surface area contributed by atoms with Gasteiger partial charge in [-0.25, -0.2) is 0 Å². The number of aromatic nitrogens is 2. The van der Waals surface area contributed by atoms with Crippen molar-refractivity contribution in [3.8, 4) is 5.69 Å². The summed E-state index contributed by atoms with van der Waals surface area (Å²) < 4.78 is 6.35. The summed E-state index contributed by atoms with van der Waals surface area (Å²) in [4.78, 5) is 0. The minimum absolute atomic E-state index is 0.994. The fourth-order valence-electron chi connectivity index (χ4n) is 6.57. The lowest BCUT2D eigenvalue weighted by Crippen LogP contribution is -2.09. The summed E-state index contributed by atoms with van der Waals surface area (Å²) in [6.45, 7) is 0. The molecule has 0 unspecified atom stereocenters. The van der Waals surface area contributed by atoms with Crippen LogP contribution in [0.2, 0.25) is 0 Å². The molecule has 9 rings (SSSR count). The molecule has 0 fully saturated rings. The first kappa shape index (κ1) is 17.8. The Bertz CT molecular complexity index is 2160. The SMILES string of the molecule is Ic1cccc2c1Cc1cccc3c4cc5c6cccc7c8ccccc8n(c5cc4n-2c13)c76. The Balaban J connectivity index is 1.58. The number of hydrogen-bond acceptors (Lipinski definition) is 0. The fraction of sp³-hybridized carbons (Fsp3) is 0.0323. The Hall–Kier alpha value is -3.57. The van der Waals surface area contributed by atoms with Crippen LogP contribution in [0.4, 0.5) is 0 Å². The summed E-state index contributed by atoms with van der Waals surface area (Å²) in [5, 5.41) is 8.04. The third-order valence-corrected chi connectivity index (χ3v) is 8.93. The number of para-hydroxylation sites is 3. The molecule has 3 heteroatoms. The molecule has 2 nitrogen and oxygen atoms in total. The highest BCUT2D eigenvalue weighted by atomic mass is 127. The molecule has 0 saturated carbocycles. The predicted molar refractivity (Wildman–Crippen MR) is 151 cm³/mol. The van der Waals surface area contributed by atoms with Crippen molar-refractivity contribution in [2.75, 3.05) is 0 Å². The molecule has 0 amide bonds. The van der Waals surface area contributed by atoms with Crippen LogP contribution < -0.4 is 0 Å². The van der Waals surface area contributed by atoms with Crippen molar-refractivity contribution in [1.82, 2.24) is 8.97 Å². The molecule has 1 aliphatic heterocycles. The van der Waals surface area contributed by atoms with Crippen molar-refractivity contribution in [2.24, 2.45) is 0 Å². The fourth-order valence-corrected chi connectivity index (χ4v) is 7.25. The summed E-state index contributed by atoms with van der Waals surface area (Å²) in [7, 11) is 0. The number of fused-ring (bicyclic) bond motifs is 11. The maximum absolute atomic E-state index is 2.52. The number of nitrogens with zero attached hydrogens (tertiary/aromatic N) is 2. The first-order chi connectivity index (χ1) is 16.8. The summed E-state index contributed by atoms with van der Waals surface area (Å²) in [5.74, 6) is 0. The molecule has 0 aliphatic carbocycles. The number of halogens is 1. The van der Waals surface area contributed by atoms with E-state index in [1.54, 1.807) is 0 Å². The van der Waals surface area contributed by atoms with Gasteiger partial charge in [0.1, 0.15) is 0 Å². The third-order valence-electron chi connectivity index (χ3n) is 7.92. The minimum Gasteiger partial charge on any atom is -0.309 e. The Morgan fingerprint density at radius 2 is 1.26 bits per heavy atom. The van der Waals surface area contributed by atoms with Crippen LogP contribution in [0.25, 0.3) is 65.6 Å². The van der Waals surface area contributed by atoms with Crippen LogP contribution >= 0.6 is 22.6 Å². The van der Waals surface area contributed by atoms with Crippen LogP contribution in [-0.2, 0) is 6.42 Å². The smallest absolute Gasteiger partial charge is 0.0620 e. The van der Waals surface area contributed by atoms with Gasteiger partial charge in [-0.05, 0) is 64.0 Å². The van der Waals surface area contributed by atoms with Gasteiger partial charge in [0.05, 0.1) is 33.3 Å². The summed E-state index contributed by atoms with van der Waals surface area (Å²) in [6, 6.07) is 34.0. The second-order valence-corrected chi connectivity index (χ2v) is 10.7. The zero-order chi connectivity index (χ0) is 22.1. The van der Waals surface area contributed by atoms with Gasteiger partial charge < -0.3 is 8.97 Å². The Morgan fingerprint density at radius 1 is 0.559 bits per heavy atom. The van der Waals surface area contributed by atoms with E-state index in [-0.39, 0.29) is 0 Å². The lowest BCUT2D eigenvalue weighted by Gasteiger charge is -2.21. The largest absolute Gasteiger partial charge is 0.309 e. The monoisotopic (exact) mass is 544 g/mol. The second kappa shape index (κ2) is 5.91. The van der Waals surface area contributed by atoms with Crippen LogP contribution in [0.15, 0.2) is 91.0 Å². The van der Waals surface area contributed by atoms with Crippen molar-refractivity contribution in [2.45, 2.75) is 6.42 Å². The lowest BCUT2D eigenvalue weighted by molar-refractivity contribution is 1.04. The van der Waals surface area contributed by atoms with Gasteiger partial charge in [0.15, 0.2) is 0 Å². The molecule has 3 aromatic heterocycles. The lowest BCUT2D eigenvalue weighted by atomic mass is 9.97. The molecule has 0 radical (unpaired) electrons. The van der Waals surface area contributed by atoms with Crippen LogP contribution in [0.3, 0.4) is 0 Å². The molecule has 0 spiro atoms. The number of benzene rings is 5. The topological polar surface area (TPSA) is 9.34 Å². The molecule has 0 bridgehead atoms. The Kier molecular flexibility index (Phi) is 3.10. The molecule has 8 aromatic rings. The highest BCUT2D eigenvalue weighted by molar-refractivity contribution is 14.1. The normalized spacial score (nSPS) is 13.3. The maximum atomic E-state index is 2.52. The van der Waals surface area contributed by atoms with Gasteiger partial charge in [-0.1, -0.05) is 60.7 Å². The average molecular weight is 544 g/mol. The standard InChI is InChI=1S/C31H17IN2/c32-25-11-5-13-27-24(25)14-17-6-3-8-20-22-15-23-21-10-4-9-19-18-7-1-2-12-26(18)34(31(19)21)29(23)16-28(22)33(27)30(17)20/h1-13,15-16H,14H2. The van der Waals surface area contributed by atoms with E-state index in [0.29, 0.717) is 0 Å². The van der Waals surface area contributed by atoms with Crippen molar-refractivity contribution >= 4 is 82.5 Å². The second-order valence-electron chi connectivity index (χ2n) is 9.50. The van der Waals surface area contributed by atoms with Crippen molar-refractivity contribution in [1.29, 1.82) is 0 Å². The van der Waals surface area contributed by atoms with E-state index in [2.05, 4.69) is 123 Å². The molecular weight excluding hydrogens is 527 g/mol. The van der Waals surface area contributed by atoms with Gasteiger partial charge in [-0.3, -0.25) is 0 Å². The average Bonchev–Trinajstić information content (AvgIpc) is 3.50. The summed E-state index contributed by atoms with van der Waals surface area (Å²) >= 11 is 2.50. The van der Waals surface area contributed by atoms with E-state index in [0.717, 1.165) is 6.42 Å². The quantitative estimate of drug-likeness (QED) is 0.170. The molecule has 0 N–H and O–H groups in total. The van der Waals surface area contributed by atoms with Crippen LogP contribution in [-0.4, -0.2) is 8.97 Å². The highest BCUT2D eigenvalue weighted by Crippen LogP contribution is 2.45. The highest BCUT2D eigenvalue weighted by Gasteiger charge is 2.25. The Labute approximate surface area is 208 Å². The number of rotatable bonds is 0. The summed E-state index contributed by atoms with van der Waals surface area (Å²) in [5.41, 5.74) is 10.7. The molecule has 0 atom stereocenters. The first-order valence-electron chi connectivity index (χ1n) is 11.7. The molecule has 34 heavy (non-hydrogen) atoms. The maximum Gasteiger partial charge on any atom is 0.0620 e. The van der Waals surface area contributed by atoms with E-state index >= 15 is 0 Å². The minimum atomic E-state index is 0.994. The van der Waals surface area contributed by atoms with E-state index in [9.17, 15) is 0 Å². The molecular formula is C31H17IN2. The summed E-state index contributed by atoms with van der Waals surface area (Å²) in [6.07, 6.45) is 0.994. The molecule has 5 aromatic carbocycles. The third kappa shape index (κ3) is 1.92. The van der Waals surface area contributed by atoms with Gasteiger partial charge in [-0.2, -0.15) is 0 Å². The van der Waals surface area contributed by atoms with Gasteiger partial charge in [0.2, 0.25) is 0 Å². The van der Waals surface area contributed by atoms with Gasteiger partial charge in [0, 0.05) is 42.3 Å². The molecule has 158 valence electrons. The Morgan fingerprint density at radius 3 is 2.18 bits per heavy atom. The zero-order valence-electron chi connectivity index (χ0n) is 18.1. The van der Waals surface area contributed by atoms with E-state index in [4.69, 9.17) is 0 Å².